The average Bonchev–Trinajstić information content (AvgIpc) is 3.51. The molecule has 0 unspecified atom stereocenters. The lowest BCUT2D eigenvalue weighted by Gasteiger charge is -2.34. The predicted octanol–water partition coefficient (Wildman–Crippen LogP) is -0.944. The van der Waals surface area contributed by atoms with Crippen molar-refractivity contribution in [2.45, 2.75) is 145 Å². The number of hydrogen-bond donors (Lipinski definition) is 14. The Morgan fingerprint density at radius 3 is 1.76 bits per heavy atom. The van der Waals surface area contributed by atoms with E-state index in [2.05, 4.69) is 33.5 Å². The summed E-state index contributed by atoms with van der Waals surface area (Å²) in [5, 5.41) is 102. The van der Waals surface area contributed by atoms with Gasteiger partial charge in [0.15, 0.2) is 6.23 Å². The second kappa shape index (κ2) is 29.5. The van der Waals surface area contributed by atoms with Crippen molar-refractivity contribution in [1.29, 1.82) is 0 Å². The Kier molecular flexibility index (Phi) is 22.5. The molecule has 7 rings (SSSR count). The molecule has 3 saturated heterocycles. The van der Waals surface area contributed by atoms with Crippen molar-refractivity contribution < 1.29 is 83.9 Å². The summed E-state index contributed by atoms with van der Waals surface area (Å²) in [4.78, 5) is 103. The van der Waals surface area contributed by atoms with Gasteiger partial charge in [-0.2, -0.15) is 0 Å². The number of carbonyl (C=O) groups is 7. The fourth-order valence-corrected chi connectivity index (χ4v) is 10.6. The topological polar surface area (TPSA) is 392 Å². The second-order valence-corrected chi connectivity index (χ2v) is 21.9. The molecule has 15 atom stereocenters. The Hall–Kier alpha value is -7.59. The fraction of sp³-hybridized carbons (Fsp3) is 0.483. The Morgan fingerprint density at radius 1 is 0.659 bits per heavy atom. The highest BCUT2D eigenvalue weighted by Crippen LogP contribution is 2.30. The van der Waals surface area contributed by atoms with E-state index in [-0.39, 0.29) is 36.6 Å². The third-order valence-corrected chi connectivity index (χ3v) is 15.4. The van der Waals surface area contributed by atoms with Gasteiger partial charge < -0.3 is 92.4 Å². The third-order valence-electron chi connectivity index (χ3n) is 15.4. The standard InChI is InChI=1S/C60H78N8O17/c1-5-6-7-25-84-42-22-18-37(19-23-42)35-10-8-34(9-11-35)36-12-14-39(15-13-36)53(77)62-43-28-45(73)58(85-26-24-61)66-57(81)49-50(74)31(2)29-68(49)60(83)47(33(4)70)64-56(80)48(52(76)51(75)38-16-20-40(71)21-17-38)65-55(79)44-27-41(72)30-67(44)59(82)46(32(3)69)63-54(43)78/h8-23,31-33,41,43-52,58,69-76H,5-7,24-30,61H2,1-4H3,(H,62,77)(H,63,78)(H,64,80)(H,65,79)(H,66,81)/t31-,32+,33+,41+,43+,44-,45+,46-,47-,48-,49-,50-,51-,52-,58+/m0/s1. The van der Waals surface area contributed by atoms with Crippen LogP contribution in [-0.2, 0) is 33.5 Å². The van der Waals surface area contributed by atoms with Crippen LogP contribution in [0.2, 0.25) is 0 Å². The zero-order chi connectivity index (χ0) is 61.8. The molecule has 85 heavy (non-hydrogen) atoms. The number of unbranched alkanes of at least 4 members (excludes halogenated alkanes) is 2. The van der Waals surface area contributed by atoms with Crippen LogP contribution in [-0.4, -0.2) is 204 Å². The van der Waals surface area contributed by atoms with E-state index in [1.54, 1.807) is 12.1 Å². The first-order valence-electron chi connectivity index (χ1n) is 28.5. The van der Waals surface area contributed by atoms with Gasteiger partial charge >= 0.3 is 0 Å². The first kappa shape index (κ1) is 65.0. The maximum atomic E-state index is 14.7. The summed E-state index contributed by atoms with van der Waals surface area (Å²) in [5.74, 6) is -8.38. The first-order valence-corrected chi connectivity index (χ1v) is 28.5. The van der Waals surface area contributed by atoms with Crippen molar-refractivity contribution in [1.82, 2.24) is 36.4 Å². The van der Waals surface area contributed by atoms with E-state index < -0.39 is 152 Å². The van der Waals surface area contributed by atoms with Crippen LogP contribution in [0.3, 0.4) is 0 Å². The Balaban J connectivity index is 1.21. The van der Waals surface area contributed by atoms with Crippen LogP contribution < -0.4 is 37.1 Å². The van der Waals surface area contributed by atoms with Crippen LogP contribution in [0.1, 0.15) is 81.8 Å². The molecule has 3 heterocycles. The number of ether oxygens (including phenoxy) is 2. The number of nitrogens with one attached hydrogen (secondary N) is 5. The van der Waals surface area contributed by atoms with Crippen LogP contribution in [0, 0.1) is 5.92 Å². The van der Waals surface area contributed by atoms with Crippen LogP contribution in [0.4, 0.5) is 0 Å². The average molecular weight is 1180 g/mol. The summed E-state index contributed by atoms with van der Waals surface area (Å²) in [6.45, 7) is 5.08. The van der Waals surface area contributed by atoms with Gasteiger partial charge in [0.05, 0.1) is 37.6 Å². The molecule has 0 aromatic heterocycles. The number of aromatic hydroxyl groups is 1. The van der Waals surface area contributed by atoms with Crippen LogP contribution in [0.5, 0.6) is 11.5 Å². The predicted molar refractivity (Wildman–Crippen MR) is 306 cm³/mol. The van der Waals surface area contributed by atoms with Gasteiger partial charge in [0.25, 0.3) is 5.91 Å². The molecule has 25 nitrogen and oxygen atoms in total. The van der Waals surface area contributed by atoms with Gasteiger partial charge in [0, 0.05) is 44.0 Å². The highest BCUT2D eigenvalue weighted by atomic mass is 16.5. The minimum Gasteiger partial charge on any atom is -0.508 e. The van der Waals surface area contributed by atoms with Gasteiger partial charge in [0.1, 0.15) is 66.1 Å². The molecule has 460 valence electrons. The van der Waals surface area contributed by atoms with Crippen molar-refractivity contribution >= 4 is 41.4 Å². The van der Waals surface area contributed by atoms with Gasteiger partial charge in [-0.15, -0.1) is 0 Å². The molecule has 0 spiro atoms. The lowest BCUT2D eigenvalue weighted by Crippen LogP contribution is -2.64. The number of rotatable bonds is 17. The van der Waals surface area contributed by atoms with E-state index in [9.17, 15) is 74.4 Å². The van der Waals surface area contributed by atoms with Crippen LogP contribution in [0.15, 0.2) is 97.1 Å². The number of phenols is 1. The lowest BCUT2D eigenvalue weighted by atomic mass is 9.96. The molecule has 0 saturated carbocycles. The third kappa shape index (κ3) is 16.0. The monoisotopic (exact) mass is 1180 g/mol. The van der Waals surface area contributed by atoms with Crippen LogP contribution >= 0.6 is 0 Å². The number of aliphatic hydroxyl groups is 7. The molecule has 0 radical (unpaired) electrons. The quantitative estimate of drug-likeness (QED) is 0.0567. The van der Waals surface area contributed by atoms with Crippen LogP contribution in [0.25, 0.3) is 22.3 Å². The molecule has 4 aromatic carbocycles. The Morgan fingerprint density at radius 2 is 1.20 bits per heavy atom. The van der Waals surface area contributed by atoms with Crippen molar-refractivity contribution in [2.75, 3.05) is 32.8 Å². The van der Waals surface area contributed by atoms with Gasteiger partial charge in [-0.3, -0.25) is 33.6 Å². The normalized spacial score (nSPS) is 27.0. The number of nitrogens with zero attached hydrogens (tertiary/aromatic N) is 2. The molecular formula is C60H78N8O17. The molecule has 7 amide bonds. The van der Waals surface area contributed by atoms with Crippen molar-refractivity contribution in [3.63, 3.8) is 0 Å². The molecule has 25 heteroatoms. The molecule has 3 fully saturated rings. The fourth-order valence-electron chi connectivity index (χ4n) is 10.6. The Bertz CT molecular complexity index is 2930. The largest absolute Gasteiger partial charge is 0.508 e. The number of nitrogens with two attached hydrogens (primary N) is 1. The number of carbonyl (C=O) groups excluding carboxylic acids is 7. The van der Waals surface area contributed by atoms with Gasteiger partial charge in [-0.25, -0.2) is 0 Å². The molecule has 15 N–H and O–H groups in total. The minimum atomic E-state index is -2.29. The maximum Gasteiger partial charge on any atom is 0.251 e. The van der Waals surface area contributed by atoms with E-state index in [4.69, 9.17) is 15.2 Å². The number of aliphatic hydroxyl groups excluding tert-OH is 7. The molecule has 3 aliphatic rings. The lowest BCUT2D eigenvalue weighted by molar-refractivity contribution is -0.149. The van der Waals surface area contributed by atoms with Gasteiger partial charge in [-0.1, -0.05) is 87.4 Å². The SMILES string of the molecule is CCCCCOc1ccc(-c2ccc(-c3ccc(C(=O)N[C@@H]4C[C@@H](O)[C@@H](OCCN)NC(=O)[C@@H]5[C@@H](O)[C@@H](C)CN5C(=O)[C@H]([C@@H](C)O)NC(=O)[C@H]([C@H](O)[C@@H](O)c5ccc(O)cc5)NC(=O)[C@@H]5C[C@@H](O)CN5C(=O)[C@H]([C@@H](C)O)NC4=O)cc3)cc2)cc1. The van der Waals surface area contributed by atoms with Gasteiger partial charge in [0.2, 0.25) is 35.4 Å². The summed E-state index contributed by atoms with van der Waals surface area (Å²) < 4.78 is 11.6. The first-order chi connectivity index (χ1) is 40.5. The van der Waals surface area contributed by atoms with Crippen molar-refractivity contribution in [3.8, 4) is 33.8 Å². The number of phenolic OH excluding ortho intramolecular Hbond substituents is 1. The summed E-state index contributed by atoms with van der Waals surface area (Å²) in [6, 6.07) is 15.1. The summed E-state index contributed by atoms with van der Waals surface area (Å²) in [6.07, 6.45) is -12.8. The van der Waals surface area contributed by atoms with Crippen molar-refractivity contribution in [2.24, 2.45) is 11.7 Å². The molecule has 4 aromatic rings. The van der Waals surface area contributed by atoms with Gasteiger partial charge in [-0.05, 0) is 84.5 Å². The smallest absolute Gasteiger partial charge is 0.251 e. The number of hydrogen-bond acceptors (Lipinski definition) is 18. The molecular weight excluding hydrogens is 1100 g/mol. The van der Waals surface area contributed by atoms with Crippen molar-refractivity contribution in [3.05, 3.63) is 108 Å². The summed E-state index contributed by atoms with van der Waals surface area (Å²) >= 11 is 0. The van der Waals surface area contributed by atoms with E-state index in [1.165, 1.54) is 31.2 Å². The highest BCUT2D eigenvalue weighted by Gasteiger charge is 2.50. The zero-order valence-electron chi connectivity index (χ0n) is 47.7. The molecule has 3 aliphatic heterocycles. The van der Waals surface area contributed by atoms with E-state index >= 15 is 0 Å². The zero-order valence-corrected chi connectivity index (χ0v) is 47.7. The maximum absolute atomic E-state index is 14.7. The molecule has 0 bridgehead atoms. The number of benzene rings is 4. The highest BCUT2D eigenvalue weighted by molar-refractivity contribution is 6.00. The van der Waals surface area contributed by atoms with E-state index in [0.29, 0.717) is 6.61 Å². The number of amides is 7. The minimum absolute atomic E-state index is 0.0332. The second-order valence-electron chi connectivity index (χ2n) is 21.9. The molecule has 0 aliphatic carbocycles. The van der Waals surface area contributed by atoms with E-state index in [1.807, 2.05) is 48.5 Å². The van der Waals surface area contributed by atoms with E-state index in [0.717, 1.165) is 83.0 Å². The summed E-state index contributed by atoms with van der Waals surface area (Å²) in [5.41, 5.74) is 9.20. The Labute approximate surface area is 491 Å². The number of fused-ring (bicyclic) bond motifs is 2. The summed E-state index contributed by atoms with van der Waals surface area (Å²) in [7, 11) is 0.